The molecule has 0 aliphatic rings. The molecule has 0 aliphatic carbocycles. The van der Waals surface area contributed by atoms with Crippen molar-refractivity contribution < 1.29 is 18.1 Å². The minimum Gasteiger partial charge on any atom is -0.481 e. The molecule has 28 heavy (non-hydrogen) atoms. The fourth-order valence-corrected chi connectivity index (χ4v) is 2.96. The summed E-state index contributed by atoms with van der Waals surface area (Å²) in [5.74, 6) is 1.90. The van der Waals surface area contributed by atoms with Gasteiger partial charge in [-0.15, -0.1) is 10.2 Å². The van der Waals surface area contributed by atoms with Crippen molar-refractivity contribution in [3.63, 3.8) is 0 Å². The number of nitrogens with zero attached hydrogens (tertiary/aromatic N) is 4. The topological polar surface area (TPSA) is 87.1 Å². The smallest absolute Gasteiger partial charge is 0.277 e. The lowest BCUT2D eigenvalue weighted by Crippen LogP contribution is -2.03. The van der Waals surface area contributed by atoms with Crippen LogP contribution in [-0.4, -0.2) is 20.3 Å². The zero-order valence-corrected chi connectivity index (χ0v) is 15.6. The molecule has 0 amide bonds. The lowest BCUT2D eigenvalue weighted by Gasteiger charge is -2.10. The molecule has 7 nitrogen and oxygen atoms in total. The third-order valence-corrected chi connectivity index (χ3v) is 4.52. The lowest BCUT2D eigenvalue weighted by atomic mass is 10.2. The van der Waals surface area contributed by atoms with Crippen LogP contribution in [0.15, 0.2) is 68.8 Å². The molecule has 0 N–H and O–H groups in total. The standard InChI is InChI=1S/C19H15FN4O3S/c1-12(25-15-9-7-14(20)8-10-15)18-22-23-19(26-18)28-11-16-21-17(24-27-16)13-5-3-2-4-6-13/h2-10,12H,11H2,1H3/t12-/m1/s1. The van der Waals surface area contributed by atoms with Gasteiger partial charge in [0.25, 0.3) is 11.1 Å². The number of benzene rings is 2. The van der Waals surface area contributed by atoms with Gasteiger partial charge in [0.05, 0.1) is 5.75 Å². The van der Waals surface area contributed by atoms with Gasteiger partial charge < -0.3 is 13.7 Å². The van der Waals surface area contributed by atoms with Crippen molar-refractivity contribution in [2.45, 2.75) is 24.0 Å². The Kier molecular flexibility index (Phi) is 5.34. The van der Waals surface area contributed by atoms with Gasteiger partial charge in [-0.3, -0.25) is 0 Å². The number of aromatic nitrogens is 4. The summed E-state index contributed by atoms with van der Waals surface area (Å²) < 4.78 is 29.5. The summed E-state index contributed by atoms with van der Waals surface area (Å²) in [4.78, 5) is 4.36. The van der Waals surface area contributed by atoms with E-state index < -0.39 is 6.10 Å². The molecule has 142 valence electrons. The SMILES string of the molecule is C[C@@H](Oc1ccc(F)cc1)c1nnc(SCc2nc(-c3ccccc3)no2)o1. The molecule has 0 spiro atoms. The minimum atomic E-state index is -0.472. The first kappa shape index (κ1) is 18.2. The van der Waals surface area contributed by atoms with Gasteiger partial charge in [-0.05, 0) is 31.2 Å². The average molecular weight is 398 g/mol. The van der Waals surface area contributed by atoms with E-state index in [9.17, 15) is 4.39 Å². The van der Waals surface area contributed by atoms with Crippen LogP contribution in [0.1, 0.15) is 24.8 Å². The molecular formula is C19H15FN4O3S. The van der Waals surface area contributed by atoms with Crippen LogP contribution in [0.25, 0.3) is 11.4 Å². The minimum absolute atomic E-state index is 0.322. The van der Waals surface area contributed by atoms with Crippen LogP contribution >= 0.6 is 11.8 Å². The molecule has 2 aromatic carbocycles. The largest absolute Gasteiger partial charge is 0.481 e. The van der Waals surface area contributed by atoms with Gasteiger partial charge in [0, 0.05) is 5.56 Å². The molecule has 1 atom stereocenters. The molecule has 9 heteroatoms. The summed E-state index contributed by atoms with van der Waals surface area (Å²) in [7, 11) is 0. The molecule has 0 unspecified atom stereocenters. The van der Waals surface area contributed by atoms with E-state index in [1.54, 1.807) is 6.92 Å². The third kappa shape index (κ3) is 4.37. The zero-order valence-electron chi connectivity index (χ0n) is 14.8. The van der Waals surface area contributed by atoms with E-state index in [4.69, 9.17) is 13.7 Å². The summed E-state index contributed by atoms with van der Waals surface area (Å²) >= 11 is 1.29. The summed E-state index contributed by atoms with van der Waals surface area (Å²) in [6, 6.07) is 15.3. The van der Waals surface area contributed by atoms with E-state index in [0.29, 0.717) is 34.3 Å². The van der Waals surface area contributed by atoms with E-state index in [-0.39, 0.29) is 5.82 Å². The van der Waals surface area contributed by atoms with Crippen LogP contribution in [-0.2, 0) is 5.75 Å². The fraction of sp³-hybridized carbons (Fsp3) is 0.158. The van der Waals surface area contributed by atoms with Crippen molar-refractivity contribution in [2.75, 3.05) is 0 Å². The van der Waals surface area contributed by atoms with Crippen LogP contribution in [0.3, 0.4) is 0 Å². The van der Waals surface area contributed by atoms with Crippen molar-refractivity contribution in [2.24, 2.45) is 0 Å². The number of hydrogen-bond acceptors (Lipinski definition) is 8. The van der Waals surface area contributed by atoms with Crippen molar-refractivity contribution in [3.8, 4) is 17.1 Å². The first-order valence-corrected chi connectivity index (χ1v) is 9.42. The van der Waals surface area contributed by atoms with E-state index in [0.717, 1.165) is 5.56 Å². The summed E-state index contributed by atoms with van der Waals surface area (Å²) in [5, 5.41) is 12.3. The first-order valence-electron chi connectivity index (χ1n) is 8.44. The molecule has 0 saturated carbocycles. The van der Waals surface area contributed by atoms with Crippen molar-refractivity contribution in [3.05, 3.63) is 72.2 Å². The molecule has 0 radical (unpaired) electrons. The summed E-state index contributed by atoms with van der Waals surface area (Å²) in [6.07, 6.45) is -0.472. The highest BCUT2D eigenvalue weighted by atomic mass is 32.2. The number of thioether (sulfide) groups is 1. The van der Waals surface area contributed by atoms with Gasteiger partial charge in [0.1, 0.15) is 11.6 Å². The second-order valence-electron chi connectivity index (χ2n) is 5.79. The Morgan fingerprint density at radius 2 is 1.86 bits per heavy atom. The number of rotatable bonds is 7. The maximum Gasteiger partial charge on any atom is 0.277 e. The lowest BCUT2D eigenvalue weighted by molar-refractivity contribution is 0.181. The number of halogens is 1. The quantitative estimate of drug-likeness (QED) is 0.414. The van der Waals surface area contributed by atoms with Gasteiger partial charge in [0.15, 0.2) is 6.10 Å². The Bertz CT molecular complexity index is 1040. The zero-order chi connectivity index (χ0) is 19.3. The summed E-state index contributed by atoms with van der Waals surface area (Å²) in [6.45, 7) is 1.77. The molecule has 4 aromatic rings. The van der Waals surface area contributed by atoms with Crippen molar-refractivity contribution in [1.29, 1.82) is 0 Å². The van der Waals surface area contributed by atoms with Crippen molar-refractivity contribution in [1.82, 2.24) is 20.3 Å². The number of ether oxygens (including phenoxy) is 1. The van der Waals surface area contributed by atoms with Crippen LogP contribution in [0, 0.1) is 5.82 Å². The summed E-state index contributed by atoms with van der Waals surface area (Å²) in [5.41, 5.74) is 0.884. The molecular weight excluding hydrogens is 383 g/mol. The van der Waals surface area contributed by atoms with Crippen molar-refractivity contribution >= 4 is 11.8 Å². The normalized spacial score (nSPS) is 12.1. The molecule has 2 heterocycles. The maximum atomic E-state index is 13.0. The van der Waals surface area contributed by atoms with Gasteiger partial charge in [0.2, 0.25) is 11.7 Å². The van der Waals surface area contributed by atoms with Gasteiger partial charge in [-0.25, -0.2) is 4.39 Å². The second-order valence-corrected chi connectivity index (χ2v) is 6.71. The van der Waals surface area contributed by atoms with Crippen LogP contribution < -0.4 is 4.74 Å². The monoisotopic (exact) mass is 398 g/mol. The molecule has 0 fully saturated rings. The van der Waals surface area contributed by atoms with Gasteiger partial charge in [-0.1, -0.05) is 47.3 Å². The fourth-order valence-electron chi connectivity index (χ4n) is 2.35. The first-order chi connectivity index (χ1) is 13.7. The molecule has 0 saturated heterocycles. The highest BCUT2D eigenvalue weighted by Gasteiger charge is 2.17. The van der Waals surface area contributed by atoms with E-state index in [1.807, 2.05) is 30.3 Å². The molecule has 0 bridgehead atoms. The molecule has 0 aliphatic heterocycles. The highest BCUT2D eigenvalue weighted by molar-refractivity contribution is 7.98. The Morgan fingerprint density at radius 1 is 1.07 bits per heavy atom. The van der Waals surface area contributed by atoms with Crippen LogP contribution in [0.5, 0.6) is 5.75 Å². The van der Waals surface area contributed by atoms with Crippen LogP contribution in [0.4, 0.5) is 4.39 Å². The second kappa shape index (κ2) is 8.22. The van der Waals surface area contributed by atoms with E-state index in [2.05, 4.69) is 20.3 Å². The Hall–Kier alpha value is -3.20. The predicted molar refractivity (Wildman–Crippen MR) is 99.0 cm³/mol. The Labute approximate surface area is 163 Å². The Morgan fingerprint density at radius 3 is 2.64 bits per heavy atom. The molecule has 4 rings (SSSR count). The highest BCUT2D eigenvalue weighted by Crippen LogP contribution is 2.26. The maximum absolute atomic E-state index is 13.0. The average Bonchev–Trinajstić information content (AvgIpc) is 3.38. The van der Waals surface area contributed by atoms with Crippen LogP contribution in [0.2, 0.25) is 0 Å². The van der Waals surface area contributed by atoms with Gasteiger partial charge >= 0.3 is 0 Å². The predicted octanol–water partition coefficient (Wildman–Crippen LogP) is 4.69. The number of hydrogen-bond donors (Lipinski definition) is 0. The van der Waals surface area contributed by atoms with Gasteiger partial charge in [-0.2, -0.15) is 4.98 Å². The third-order valence-electron chi connectivity index (χ3n) is 3.72. The van der Waals surface area contributed by atoms with E-state index >= 15 is 0 Å². The molecule has 2 aromatic heterocycles. The Balaban J connectivity index is 1.35. The van der Waals surface area contributed by atoms with E-state index in [1.165, 1.54) is 36.0 Å².